The molecular weight excluding hydrogens is 259 g/mol. The number of benzene rings is 1. The van der Waals surface area contributed by atoms with Crippen molar-refractivity contribution in [1.82, 2.24) is 14.8 Å². The molecule has 1 N–H and O–H groups in total. The SMILES string of the molecule is CCn1ncnc1CC(O)c1cc(F)c(F)c(F)c1. The van der Waals surface area contributed by atoms with E-state index in [-0.39, 0.29) is 12.0 Å². The molecule has 1 atom stereocenters. The molecule has 0 fully saturated rings. The summed E-state index contributed by atoms with van der Waals surface area (Å²) in [5, 5.41) is 13.8. The summed E-state index contributed by atoms with van der Waals surface area (Å²) in [6.45, 7) is 2.41. The van der Waals surface area contributed by atoms with Crippen molar-refractivity contribution in [3.63, 3.8) is 0 Å². The molecule has 19 heavy (non-hydrogen) atoms. The first-order valence-corrected chi connectivity index (χ1v) is 5.72. The Bertz CT molecular complexity index is 562. The molecule has 7 heteroatoms. The van der Waals surface area contributed by atoms with E-state index < -0.39 is 23.6 Å². The van der Waals surface area contributed by atoms with E-state index in [4.69, 9.17) is 0 Å². The minimum Gasteiger partial charge on any atom is -0.388 e. The van der Waals surface area contributed by atoms with Crippen molar-refractivity contribution >= 4 is 0 Å². The average molecular weight is 271 g/mol. The number of aliphatic hydroxyl groups excluding tert-OH is 1. The smallest absolute Gasteiger partial charge is 0.194 e. The molecule has 2 aromatic rings. The normalized spacial score (nSPS) is 12.7. The summed E-state index contributed by atoms with van der Waals surface area (Å²) in [6.07, 6.45) is 0.189. The van der Waals surface area contributed by atoms with Gasteiger partial charge in [-0.15, -0.1) is 0 Å². The molecule has 4 nitrogen and oxygen atoms in total. The standard InChI is InChI=1S/C12H12F3N3O/c1-2-18-11(16-6-17-18)5-10(19)7-3-8(13)12(15)9(14)4-7/h3-4,6,10,19H,2,5H2,1H3. The van der Waals surface area contributed by atoms with Crippen LogP contribution in [0, 0.1) is 17.5 Å². The molecule has 1 aromatic carbocycles. The Hall–Kier alpha value is -1.89. The Kier molecular flexibility index (Phi) is 3.84. The summed E-state index contributed by atoms with van der Waals surface area (Å²) in [5.41, 5.74) is -0.0398. The average Bonchev–Trinajstić information content (AvgIpc) is 2.82. The summed E-state index contributed by atoms with van der Waals surface area (Å²) in [4.78, 5) is 3.95. The Balaban J connectivity index is 2.23. The molecule has 0 bridgehead atoms. The van der Waals surface area contributed by atoms with Gasteiger partial charge in [0.2, 0.25) is 0 Å². The fourth-order valence-corrected chi connectivity index (χ4v) is 1.77. The number of hydrogen-bond donors (Lipinski definition) is 1. The van der Waals surface area contributed by atoms with Gasteiger partial charge in [0.1, 0.15) is 12.2 Å². The predicted octanol–water partition coefficient (Wildman–Crippen LogP) is 1.99. The Labute approximate surface area is 107 Å². The highest BCUT2D eigenvalue weighted by molar-refractivity contribution is 5.22. The van der Waals surface area contributed by atoms with Crippen LogP contribution in [0.2, 0.25) is 0 Å². The molecule has 0 aliphatic heterocycles. The van der Waals surface area contributed by atoms with E-state index in [0.717, 1.165) is 12.1 Å². The van der Waals surface area contributed by atoms with Crippen LogP contribution in [0.4, 0.5) is 13.2 Å². The van der Waals surface area contributed by atoms with Crippen molar-refractivity contribution in [3.8, 4) is 0 Å². The number of halogens is 3. The zero-order valence-electron chi connectivity index (χ0n) is 10.1. The van der Waals surface area contributed by atoms with Crippen LogP contribution in [-0.2, 0) is 13.0 Å². The molecule has 1 unspecified atom stereocenters. The lowest BCUT2D eigenvalue weighted by molar-refractivity contribution is 0.172. The third kappa shape index (κ3) is 2.76. The Morgan fingerprint density at radius 1 is 1.26 bits per heavy atom. The number of aromatic nitrogens is 3. The van der Waals surface area contributed by atoms with Crippen LogP contribution in [0.15, 0.2) is 18.5 Å². The molecule has 0 saturated heterocycles. The highest BCUT2D eigenvalue weighted by atomic mass is 19.2. The topological polar surface area (TPSA) is 50.9 Å². The third-order valence-corrected chi connectivity index (χ3v) is 2.76. The van der Waals surface area contributed by atoms with E-state index in [1.54, 1.807) is 4.68 Å². The van der Waals surface area contributed by atoms with Crippen LogP contribution in [0.3, 0.4) is 0 Å². The maximum atomic E-state index is 13.1. The second kappa shape index (κ2) is 5.40. The van der Waals surface area contributed by atoms with Gasteiger partial charge in [-0.25, -0.2) is 18.2 Å². The number of hydrogen-bond acceptors (Lipinski definition) is 3. The van der Waals surface area contributed by atoms with Gasteiger partial charge in [0.25, 0.3) is 0 Å². The van der Waals surface area contributed by atoms with Gasteiger partial charge in [-0.1, -0.05) is 0 Å². The second-order valence-corrected chi connectivity index (χ2v) is 4.01. The largest absolute Gasteiger partial charge is 0.388 e. The van der Waals surface area contributed by atoms with Crippen molar-refractivity contribution in [2.75, 3.05) is 0 Å². The van der Waals surface area contributed by atoms with Crippen LogP contribution in [-0.4, -0.2) is 19.9 Å². The van der Waals surface area contributed by atoms with Gasteiger partial charge in [0.15, 0.2) is 17.5 Å². The van der Waals surface area contributed by atoms with Gasteiger partial charge in [0, 0.05) is 13.0 Å². The summed E-state index contributed by atoms with van der Waals surface area (Å²) >= 11 is 0. The van der Waals surface area contributed by atoms with Crippen LogP contribution in [0.25, 0.3) is 0 Å². The van der Waals surface area contributed by atoms with Crippen molar-refractivity contribution in [1.29, 1.82) is 0 Å². The highest BCUT2D eigenvalue weighted by Crippen LogP contribution is 2.21. The van der Waals surface area contributed by atoms with E-state index in [1.807, 2.05) is 6.92 Å². The number of aliphatic hydroxyl groups is 1. The monoisotopic (exact) mass is 271 g/mol. The van der Waals surface area contributed by atoms with Gasteiger partial charge in [-0.05, 0) is 24.6 Å². The van der Waals surface area contributed by atoms with Crippen molar-refractivity contribution in [3.05, 3.63) is 47.3 Å². The van der Waals surface area contributed by atoms with Crippen LogP contribution in [0.1, 0.15) is 24.4 Å². The van der Waals surface area contributed by atoms with E-state index in [2.05, 4.69) is 10.1 Å². The Morgan fingerprint density at radius 3 is 2.47 bits per heavy atom. The maximum absolute atomic E-state index is 13.1. The van der Waals surface area contributed by atoms with E-state index in [9.17, 15) is 18.3 Å². The quantitative estimate of drug-likeness (QED) is 0.865. The highest BCUT2D eigenvalue weighted by Gasteiger charge is 2.17. The van der Waals surface area contributed by atoms with Gasteiger partial charge in [-0.3, -0.25) is 4.68 Å². The van der Waals surface area contributed by atoms with Crippen LogP contribution < -0.4 is 0 Å². The predicted molar refractivity (Wildman–Crippen MR) is 60.7 cm³/mol. The molecule has 0 radical (unpaired) electrons. The fourth-order valence-electron chi connectivity index (χ4n) is 1.77. The molecule has 0 spiro atoms. The van der Waals surface area contributed by atoms with Gasteiger partial charge in [-0.2, -0.15) is 5.10 Å². The number of rotatable bonds is 4. The zero-order valence-corrected chi connectivity index (χ0v) is 10.1. The minimum absolute atomic E-state index is 0.0398. The van der Waals surface area contributed by atoms with E-state index in [1.165, 1.54) is 6.33 Å². The molecule has 0 aliphatic carbocycles. The van der Waals surface area contributed by atoms with E-state index in [0.29, 0.717) is 12.4 Å². The molecule has 102 valence electrons. The first-order valence-electron chi connectivity index (χ1n) is 5.72. The maximum Gasteiger partial charge on any atom is 0.194 e. The van der Waals surface area contributed by atoms with Gasteiger partial charge >= 0.3 is 0 Å². The molecule has 0 amide bonds. The van der Waals surface area contributed by atoms with Crippen LogP contribution >= 0.6 is 0 Å². The zero-order chi connectivity index (χ0) is 14.0. The summed E-state index contributed by atoms with van der Waals surface area (Å²) in [5.74, 6) is -3.72. The van der Waals surface area contributed by atoms with Gasteiger partial charge in [0.05, 0.1) is 6.10 Å². The van der Waals surface area contributed by atoms with E-state index >= 15 is 0 Å². The summed E-state index contributed by atoms with van der Waals surface area (Å²) in [6, 6.07) is 1.55. The lowest BCUT2D eigenvalue weighted by Crippen LogP contribution is -2.10. The summed E-state index contributed by atoms with van der Waals surface area (Å²) < 4.78 is 40.5. The minimum atomic E-state index is -1.55. The first-order chi connectivity index (χ1) is 9.02. The number of nitrogens with zero attached hydrogens (tertiary/aromatic N) is 3. The van der Waals surface area contributed by atoms with Crippen molar-refractivity contribution in [2.24, 2.45) is 0 Å². The van der Waals surface area contributed by atoms with Crippen molar-refractivity contribution < 1.29 is 18.3 Å². The van der Waals surface area contributed by atoms with Crippen LogP contribution in [0.5, 0.6) is 0 Å². The Morgan fingerprint density at radius 2 is 1.89 bits per heavy atom. The molecule has 2 rings (SSSR count). The molecular formula is C12H12F3N3O. The lowest BCUT2D eigenvalue weighted by Gasteiger charge is -2.11. The third-order valence-electron chi connectivity index (χ3n) is 2.76. The fraction of sp³-hybridized carbons (Fsp3) is 0.333. The second-order valence-electron chi connectivity index (χ2n) is 4.01. The lowest BCUT2D eigenvalue weighted by atomic mass is 10.1. The first kappa shape index (κ1) is 13.5. The molecule has 1 heterocycles. The molecule has 0 saturated carbocycles. The summed E-state index contributed by atoms with van der Waals surface area (Å²) in [7, 11) is 0. The molecule has 0 aliphatic rings. The molecule has 1 aromatic heterocycles. The van der Waals surface area contributed by atoms with Crippen molar-refractivity contribution in [2.45, 2.75) is 26.0 Å². The van der Waals surface area contributed by atoms with Gasteiger partial charge < -0.3 is 5.11 Å². The number of aryl methyl sites for hydroxylation is 1.